The van der Waals surface area contributed by atoms with Gasteiger partial charge in [-0.2, -0.15) is 0 Å². The first-order chi connectivity index (χ1) is 5.41. The zero-order valence-electron chi connectivity index (χ0n) is 8.11. The lowest BCUT2D eigenvalue weighted by Gasteiger charge is -2.38. The zero-order chi connectivity index (χ0) is 9.35. The third-order valence-corrected chi connectivity index (χ3v) is 5.74. The largest absolute Gasteiger partial charge is 0.0879 e. The minimum atomic E-state index is 0.485. The van der Waals surface area contributed by atoms with Gasteiger partial charge >= 0.3 is 0 Å². The fourth-order valence-corrected chi connectivity index (χ4v) is 3.06. The van der Waals surface area contributed by atoms with E-state index >= 15 is 0 Å². The molecule has 0 aromatic carbocycles. The van der Waals surface area contributed by atoms with Crippen molar-refractivity contribution in [1.82, 2.24) is 0 Å². The van der Waals surface area contributed by atoms with Gasteiger partial charge in [0.1, 0.15) is 0 Å². The van der Waals surface area contributed by atoms with E-state index in [0.717, 1.165) is 5.92 Å². The second-order valence-corrected chi connectivity index (χ2v) is 7.26. The average molecular weight is 298 g/mol. The summed E-state index contributed by atoms with van der Waals surface area (Å²) >= 11 is 7.44. The highest BCUT2D eigenvalue weighted by Crippen LogP contribution is 2.42. The Morgan fingerprint density at radius 2 is 1.58 bits per heavy atom. The van der Waals surface area contributed by atoms with Crippen molar-refractivity contribution in [3.05, 3.63) is 0 Å². The van der Waals surface area contributed by atoms with Crippen molar-refractivity contribution in [2.24, 2.45) is 11.3 Å². The van der Waals surface area contributed by atoms with Gasteiger partial charge in [0.15, 0.2) is 0 Å². The van der Waals surface area contributed by atoms with Gasteiger partial charge < -0.3 is 0 Å². The Morgan fingerprint density at radius 3 is 2.00 bits per heavy atom. The summed E-state index contributed by atoms with van der Waals surface area (Å²) in [6.07, 6.45) is 4.01. The molecule has 0 heterocycles. The van der Waals surface area contributed by atoms with Crippen LogP contribution in [0.5, 0.6) is 0 Å². The maximum absolute atomic E-state index is 3.74. The summed E-state index contributed by atoms with van der Waals surface area (Å²) in [5.41, 5.74) is 0.485. The number of halogens is 2. The Labute approximate surface area is 92.8 Å². The summed E-state index contributed by atoms with van der Waals surface area (Å²) in [5, 5.41) is 0. The van der Waals surface area contributed by atoms with E-state index in [1.54, 1.807) is 0 Å². The molecule has 0 aromatic rings. The van der Waals surface area contributed by atoms with Gasteiger partial charge in [-0.25, -0.2) is 0 Å². The minimum Gasteiger partial charge on any atom is -0.0879 e. The SMILES string of the molecule is CC(C)(C)C1CC[C@@H](Br)[C@H](Br)C1. The molecule has 0 N–H and O–H groups in total. The topological polar surface area (TPSA) is 0 Å². The van der Waals surface area contributed by atoms with E-state index in [0.29, 0.717) is 15.1 Å². The van der Waals surface area contributed by atoms with E-state index in [1.807, 2.05) is 0 Å². The van der Waals surface area contributed by atoms with Gasteiger partial charge in [0.2, 0.25) is 0 Å². The van der Waals surface area contributed by atoms with Crippen LogP contribution in [0, 0.1) is 11.3 Å². The van der Waals surface area contributed by atoms with Gasteiger partial charge in [0.25, 0.3) is 0 Å². The predicted molar refractivity (Wildman–Crippen MR) is 62.2 cm³/mol. The molecule has 0 bridgehead atoms. The van der Waals surface area contributed by atoms with E-state index < -0.39 is 0 Å². The maximum Gasteiger partial charge on any atom is 0.0273 e. The van der Waals surface area contributed by atoms with E-state index in [-0.39, 0.29) is 0 Å². The van der Waals surface area contributed by atoms with Gasteiger partial charge in [-0.15, -0.1) is 0 Å². The van der Waals surface area contributed by atoms with Crippen LogP contribution >= 0.6 is 31.9 Å². The molecule has 12 heavy (non-hydrogen) atoms. The number of rotatable bonds is 0. The van der Waals surface area contributed by atoms with Crippen LogP contribution in [0.3, 0.4) is 0 Å². The highest BCUT2D eigenvalue weighted by molar-refractivity contribution is 9.12. The Morgan fingerprint density at radius 1 is 1.00 bits per heavy atom. The average Bonchev–Trinajstić information content (AvgIpc) is 1.92. The van der Waals surface area contributed by atoms with Crippen molar-refractivity contribution < 1.29 is 0 Å². The molecule has 2 heteroatoms. The summed E-state index contributed by atoms with van der Waals surface area (Å²) < 4.78 is 0. The second-order valence-electron chi connectivity index (χ2n) is 4.91. The summed E-state index contributed by atoms with van der Waals surface area (Å²) in [6, 6.07) is 0. The Kier molecular flexibility index (Phi) is 3.68. The first-order valence-corrected chi connectivity index (χ1v) is 6.52. The highest BCUT2D eigenvalue weighted by atomic mass is 79.9. The molecule has 0 radical (unpaired) electrons. The number of hydrogen-bond acceptors (Lipinski definition) is 0. The molecule has 72 valence electrons. The minimum absolute atomic E-state index is 0.485. The van der Waals surface area contributed by atoms with Crippen LogP contribution in [0.25, 0.3) is 0 Å². The lowest BCUT2D eigenvalue weighted by atomic mass is 9.72. The van der Waals surface area contributed by atoms with Crippen molar-refractivity contribution in [3.63, 3.8) is 0 Å². The van der Waals surface area contributed by atoms with E-state index in [4.69, 9.17) is 0 Å². The van der Waals surface area contributed by atoms with Crippen LogP contribution in [-0.4, -0.2) is 9.65 Å². The maximum atomic E-state index is 3.74. The van der Waals surface area contributed by atoms with Crippen molar-refractivity contribution in [1.29, 1.82) is 0 Å². The first-order valence-electron chi connectivity index (χ1n) is 4.69. The molecule has 1 fully saturated rings. The second kappa shape index (κ2) is 4.00. The van der Waals surface area contributed by atoms with E-state index in [2.05, 4.69) is 52.6 Å². The van der Waals surface area contributed by atoms with Gasteiger partial charge in [0.05, 0.1) is 0 Å². The zero-order valence-corrected chi connectivity index (χ0v) is 11.3. The molecule has 0 aliphatic heterocycles. The Hall–Kier alpha value is 0.960. The van der Waals surface area contributed by atoms with Crippen LogP contribution in [-0.2, 0) is 0 Å². The highest BCUT2D eigenvalue weighted by Gasteiger charge is 2.33. The first kappa shape index (κ1) is 11.0. The van der Waals surface area contributed by atoms with Crippen LogP contribution in [0.4, 0.5) is 0 Å². The van der Waals surface area contributed by atoms with Crippen molar-refractivity contribution in [3.8, 4) is 0 Å². The third-order valence-electron chi connectivity index (χ3n) is 2.92. The van der Waals surface area contributed by atoms with E-state index in [1.165, 1.54) is 19.3 Å². The smallest absolute Gasteiger partial charge is 0.0273 e. The van der Waals surface area contributed by atoms with Gasteiger partial charge in [-0.3, -0.25) is 0 Å². The van der Waals surface area contributed by atoms with Crippen LogP contribution in [0.2, 0.25) is 0 Å². The Bertz CT molecular complexity index is 148. The van der Waals surface area contributed by atoms with Gasteiger partial charge in [-0.05, 0) is 30.6 Å². The molecule has 1 aliphatic rings. The third kappa shape index (κ3) is 2.73. The normalized spacial score (nSPS) is 38.2. The lowest BCUT2D eigenvalue weighted by molar-refractivity contribution is 0.187. The van der Waals surface area contributed by atoms with Crippen molar-refractivity contribution >= 4 is 31.9 Å². The fourth-order valence-electron chi connectivity index (χ4n) is 1.87. The summed E-state index contributed by atoms with van der Waals surface area (Å²) in [4.78, 5) is 1.37. The summed E-state index contributed by atoms with van der Waals surface area (Å²) in [5.74, 6) is 0.885. The molecule has 0 amide bonds. The molecule has 0 aromatic heterocycles. The standard InChI is InChI=1S/C10H18Br2/c1-10(2,3)7-4-5-8(11)9(12)6-7/h7-9H,4-6H2,1-3H3/t7?,8-,9-/m1/s1. The monoisotopic (exact) mass is 296 g/mol. The summed E-state index contributed by atoms with van der Waals surface area (Å²) in [6.45, 7) is 7.06. The van der Waals surface area contributed by atoms with Crippen molar-refractivity contribution in [2.45, 2.75) is 49.7 Å². The van der Waals surface area contributed by atoms with Gasteiger partial charge in [-0.1, -0.05) is 52.6 Å². The predicted octanol–water partition coefficient (Wildman–Crippen LogP) is 4.36. The van der Waals surface area contributed by atoms with Crippen LogP contribution < -0.4 is 0 Å². The quantitative estimate of drug-likeness (QED) is 0.583. The molecule has 1 saturated carbocycles. The molecular weight excluding hydrogens is 280 g/mol. The number of hydrogen-bond donors (Lipinski definition) is 0. The molecule has 0 spiro atoms. The van der Waals surface area contributed by atoms with E-state index in [9.17, 15) is 0 Å². The molecule has 1 rings (SSSR count). The van der Waals surface area contributed by atoms with Crippen molar-refractivity contribution in [2.75, 3.05) is 0 Å². The molecule has 1 aliphatic carbocycles. The molecule has 0 saturated heterocycles. The van der Waals surface area contributed by atoms with Crippen LogP contribution in [0.15, 0.2) is 0 Å². The molecular formula is C10H18Br2. The molecule has 3 atom stereocenters. The molecule has 1 unspecified atom stereocenters. The Balaban J connectivity index is 2.51. The molecule has 0 nitrogen and oxygen atoms in total. The fraction of sp³-hybridized carbons (Fsp3) is 1.00. The lowest BCUT2D eigenvalue weighted by Crippen LogP contribution is -2.32. The number of alkyl halides is 2. The van der Waals surface area contributed by atoms with Crippen LogP contribution in [0.1, 0.15) is 40.0 Å². The summed E-state index contributed by atoms with van der Waals surface area (Å²) in [7, 11) is 0. The van der Waals surface area contributed by atoms with Gasteiger partial charge in [0, 0.05) is 9.65 Å².